The van der Waals surface area contributed by atoms with Crippen LogP contribution in [-0.4, -0.2) is 15.8 Å². The summed E-state index contributed by atoms with van der Waals surface area (Å²) < 4.78 is 0. The average molecular weight is 273 g/mol. The Labute approximate surface area is 113 Å². The fourth-order valence-corrected chi connectivity index (χ4v) is 1.67. The summed E-state index contributed by atoms with van der Waals surface area (Å²) in [6.07, 6.45) is 3.00. The van der Waals surface area contributed by atoms with Crippen LogP contribution < -0.4 is 16.6 Å². The van der Waals surface area contributed by atoms with E-state index in [2.05, 4.69) is 15.7 Å². The van der Waals surface area contributed by atoms with Crippen molar-refractivity contribution in [2.75, 3.05) is 10.7 Å². The molecule has 1 aromatic carbocycles. The van der Waals surface area contributed by atoms with Crippen LogP contribution in [0.4, 0.5) is 17.1 Å². The molecule has 0 spiro atoms. The molecule has 2 aromatic rings. The number of anilines is 2. The van der Waals surface area contributed by atoms with E-state index in [0.717, 1.165) is 0 Å². The molecule has 0 fully saturated rings. The molecular weight excluding hydrogens is 262 g/mol. The molecule has 1 heterocycles. The Hall–Kier alpha value is -3.00. The highest BCUT2D eigenvalue weighted by atomic mass is 16.6. The van der Waals surface area contributed by atoms with Crippen LogP contribution in [0.3, 0.4) is 0 Å². The normalized spacial score (nSPS) is 9.85. The van der Waals surface area contributed by atoms with Gasteiger partial charge in [0.2, 0.25) is 0 Å². The predicted octanol–water partition coefficient (Wildman–Crippen LogP) is 1.53. The van der Waals surface area contributed by atoms with Gasteiger partial charge in [0.25, 0.3) is 5.91 Å². The van der Waals surface area contributed by atoms with E-state index >= 15 is 0 Å². The van der Waals surface area contributed by atoms with Crippen LogP contribution in [0.2, 0.25) is 0 Å². The summed E-state index contributed by atoms with van der Waals surface area (Å²) in [5.74, 6) is 4.62. The molecule has 20 heavy (non-hydrogen) atoms. The minimum atomic E-state index is -0.656. The van der Waals surface area contributed by atoms with E-state index in [-0.39, 0.29) is 16.9 Å². The summed E-state index contributed by atoms with van der Waals surface area (Å²) in [6, 6.07) is 7.43. The highest BCUT2D eigenvalue weighted by Crippen LogP contribution is 2.28. The molecular formula is C12H11N5O3. The third-order valence-electron chi connectivity index (χ3n) is 2.56. The summed E-state index contributed by atoms with van der Waals surface area (Å²) in [5, 5.41) is 13.6. The number of hydrogen-bond donors (Lipinski definition) is 3. The van der Waals surface area contributed by atoms with Crippen molar-refractivity contribution in [3.63, 3.8) is 0 Å². The molecule has 0 saturated carbocycles. The second-order valence-corrected chi connectivity index (χ2v) is 3.79. The van der Waals surface area contributed by atoms with Crippen LogP contribution in [0, 0.1) is 10.1 Å². The van der Waals surface area contributed by atoms with Gasteiger partial charge in [-0.05, 0) is 24.3 Å². The number of nitro groups is 1. The molecule has 1 aromatic heterocycles. The minimum Gasteiger partial charge on any atom is -0.322 e. The number of nitrogens with one attached hydrogen (secondary N) is 2. The van der Waals surface area contributed by atoms with E-state index < -0.39 is 10.8 Å². The summed E-state index contributed by atoms with van der Waals surface area (Å²) in [6.45, 7) is 0. The first-order chi connectivity index (χ1) is 9.63. The zero-order valence-electron chi connectivity index (χ0n) is 10.2. The number of para-hydroxylation sites is 1. The Bertz CT molecular complexity index is 645. The first kappa shape index (κ1) is 13.4. The van der Waals surface area contributed by atoms with Gasteiger partial charge in [-0.25, -0.2) is 0 Å². The summed E-state index contributed by atoms with van der Waals surface area (Å²) >= 11 is 0. The first-order valence-electron chi connectivity index (χ1n) is 5.59. The molecule has 2 rings (SSSR count). The predicted molar refractivity (Wildman–Crippen MR) is 73.1 cm³/mol. The Kier molecular flexibility index (Phi) is 3.87. The van der Waals surface area contributed by atoms with Crippen molar-refractivity contribution in [2.24, 2.45) is 5.84 Å². The van der Waals surface area contributed by atoms with Gasteiger partial charge in [0.05, 0.1) is 4.92 Å². The number of carbonyl (C=O) groups is 1. The van der Waals surface area contributed by atoms with Gasteiger partial charge in [-0.2, -0.15) is 0 Å². The fourth-order valence-electron chi connectivity index (χ4n) is 1.67. The first-order valence-corrected chi connectivity index (χ1v) is 5.59. The number of benzene rings is 1. The standard InChI is InChI=1S/C12H11N5O3/c13-16-10-3-1-2-9(11(10)17(19)20)12(18)15-8-4-6-14-7-5-8/h1-7,16H,13H2,(H,14,15,18). The number of aromatic nitrogens is 1. The van der Waals surface area contributed by atoms with Gasteiger partial charge < -0.3 is 10.7 Å². The van der Waals surface area contributed by atoms with Crippen molar-refractivity contribution >= 4 is 23.0 Å². The van der Waals surface area contributed by atoms with E-state index in [1.807, 2.05) is 0 Å². The lowest BCUT2D eigenvalue weighted by atomic mass is 10.1. The van der Waals surface area contributed by atoms with E-state index in [9.17, 15) is 14.9 Å². The molecule has 0 radical (unpaired) electrons. The Morgan fingerprint density at radius 1 is 1.25 bits per heavy atom. The molecule has 1 amide bonds. The van der Waals surface area contributed by atoms with Gasteiger partial charge >= 0.3 is 5.69 Å². The zero-order valence-corrected chi connectivity index (χ0v) is 10.2. The van der Waals surface area contributed by atoms with Crippen molar-refractivity contribution < 1.29 is 9.72 Å². The van der Waals surface area contributed by atoms with Gasteiger partial charge in [-0.3, -0.25) is 25.7 Å². The molecule has 0 aliphatic carbocycles. The summed E-state index contributed by atoms with van der Waals surface area (Å²) in [4.78, 5) is 26.3. The van der Waals surface area contributed by atoms with Gasteiger partial charge in [-0.1, -0.05) is 6.07 Å². The Balaban J connectivity index is 2.37. The summed E-state index contributed by atoms with van der Waals surface area (Å²) in [5.41, 5.74) is 2.31. The summed E-state index contributed by atoms with van der Waals surface area (Å²) in [7, 11) is 0. The van der Waals surface area contributed by atoms with Crippen LogP contribution in [-0.2, 0) is 0 Å². The third-order valence-corrected chi connectivity index (χ3v) is 2.56. The molecule has 0 atom stereocenters. The SMILES string of the molecule is NNc1cccc(C(=O)Nc2ccncc2)c1[N+](=O)[O-]. The molecule has 8 nitrogen and oxygen atoms in total. The second-order valence-electron chi connectivity index (χ2n) is 3.79. The molecule has 0 aliphatic rings. The highest BCUT2D eigenvalue weighted by Gasteiger charge is 2.24. The quantitative estimate of drug-likeness (QED) is 0.441. The number of hydrogen-bond acceptors (Lipinski definition) is 6. The molecule has 102 valence electrons. The van der Waals surface area contributed by atoms with Gasteiger partial charge in [0, 0.05) is 18.1 Å². The monoisotopic (exact) mass is 273 g/mol. The third kappa shape index (κ3) is 2.70. The molecule has 4 N–H and O–H groups in total. The average Bonchev–Trinajstić information content (AvgIpc) is 2.47. The maximum absolute atomic E-state index is 12.1. The molecule has 0 unspecified atom stereocenters. The number of amides is 1. The molecule has 0 bridgehead atoms. The van der Waals surface area contributed by atoms with E-state index in [4.69, 9.17) is 5.84 Å². The van der Waals surface area contributed by atoms with Crippen molar-refractivity contribution in [3.05, 3.63) is 58.4 Å². The minimum absolute atomic E-state index is 0.0670. The topological polar surface area (TPSA) is 123 Å². The van der Waals surface area contributed by atoms with Crippen LogP contribution in [0.1, 0.15) is 10.4 Å². The maximum atomic E-state index is 12.1. The maximum Gasteiger partial charge on any atom is 0.306 e. The van der Waals surface area contributed by atoms with Gasteiger partial charge in [0.15, 0.2) is 0 Å². The van der Waals surface area contributed by atoms with Gasteiger partial charge in [0.1, 0.15) is 11.3 Å². The fraction of sp³-hybridized carbons (Fsp3) is 0. The zero-order chi connectivity index (χ0) is 14.5. The van der Waals surface area contributed by atoms with E-state index in [0.29, 0.717) is 5.69 Å². The van der Waals surface area contributed by atoms with Crippen LogP contribution >= 0.6 is 0 Å². The largest absolute Gasteiger partial charge is 0.322 e. The van der Waals surface area contributed by atoms with Gasteiger partial charge in [-0.15, -0.1) is 0 Å². The lowest BCUT2D eigenvalue weighted by Gasteiger charge is -2.08. The lowest BCUT2D eigenvalue weighted by Crippen LogP contribution is -2.16. The van der Waals surface area contributed by atoms with Crippen LogP contribution in [0.15, 0.2) is 42.7 Å². The number of nitro benzene ring substituents is 1. The Morgan fingerprint density at radius 3 is 2.55 bits per heavy atom. The molecule has 8 heteroatoms. The van der Waals surface area contributed by atoms with Crippen LogP contribution in [0.5, 0.6) is 0 Å². The number of hydrazine groups is 1. The second kappa shape index (κ2) is 5.76. The Morgan fingerprint density at radius 2 is 1.95 bits per heavy atom. The number of nitrogens with two attached hydrogens (primary N) is 1. The van der Waals surface area contributed by atoms with E-state index in [1.165, 1.54) is 30.6 Å². The lowest BCUT2D eigenvalue weighted by molar-refractivity contribution is -0.384. The van der Waals surface area contributed by atoms with Crippen LogP contribution in [0.25, 0.3) is 0 Å². The molecule has 0 saturated heterocycles. The smallest absolute Gasteiger partial charge is 0.306 e. The number of nitrogen functional groups attached to an aromatic ring is 1. The number of rotatable bonds is 4. The van der Waals surface area contributed by atoms with E-state index in [1.54, 1.807) is 12.1 Å². The number of pyridine rings is 1. The van der Waals surface area contributed by atoms with Crippen molar-refractivity contribution in [3.8, 4) is 0 Å². The highest BCUT2D eigenvalue weighted by molar-refractivity contribution is 6.08. The van der Waals surface area contributed by atoms with Crippen molar-refractivity contribution in [1.82, 2.24) is 4.98 Å². The van der Waals surface area contributed by atoms with Crippen molar-refractivity contribution in [2.45, 2.75) is 0 Å². The van der Waals surface area contributed by atoms with Crippen molar-refractivity contribution in [1.29, 1.82) is 0 Å². The molecule has 0 aliphatic heterocycles. The number of nitrogens with zero attached hydrogens (tertiary/aromatic N) is 2. The number of carbonyl (C=O) groups excluding carboxylic acids is 1.